The zero-order valence-electron chi connectivity index (χ0n) is 11.4. The van der Waals surface area contributed by atoms with E-state index in [1.165, 1.54) is 12.8 Å². The van der Waals surface area contributed by atoms with E-state index in [9.17, 15) is 5.11 Å². The smallest absolute Gasteiger partial charge is 0.0849 e. The zero-order valence-corrected chi connectivity index (χ0v) is 13.0. The van der Waals surface area contributed by atoms with E-state index in [0.29, 0.717) is 15.6 Å². The fourth-order valence-electron chi connectivity index (χ4n) is 3.73. The van der Waals surface area contributed by atoms with Gasteiger partial charge in [0.15, 0.2) is 0 Å². The van der Waals surface area contributed by atoms with Crippen LogP contribution < -0.4 is 0 Å². The van der Waals surface area contributed by atoms with Gasteiger partial charge in [-0.15, -0.1) is 0 Å². The van der Waals surface area contributed by atoms with E-state index in [2.05, 4.69) is 0 Å². The molecule has 3 rings (SSSR count). The molecular formula is C16H20Cl2O2. The van der Waals surface area contributed by atoms with Crippen molar-refractivity contribution in [1.29, 1.82) is 0 Å². The van der Waals surface area contributed by atoms with Crippen LogP contribution in [0, 0.1) is 5.92 Å². The topological polar surface area (TPSA) is 29.5 Å². The maximum Gasteiger partial charge on any atom is 0.0849 e. The van der Waals surface area contributed by atoms with Crippen LogP contribution in [0.4, 0.5) is 0 Å². The normalized spacial score (nSPS) is 26.9. The molecule has 1 aromatic carbocycles. The molecule has 1 N–H and O–H groups in total. The monoisotopic (exact) mass is 314 g/mol. The molecule has 1 saturated carbocycles. The predicted octanol–water partition coefficient (Wildman–Crippen LogP) is 4.77. The zero-order chi connectivity index (χ0) is 14.2. The van der Waals surface area contributed by atoms with E-state index < -0.39 is 6.10 Å². The van der Waals surface area contributed by atoms with Crippen molar-refractivity contribution in [2.24, 2.45) is 5.92 Å². The summed E-state index contributed by atoms with van der Waals surface area (Å²) in [7, 11) is 0. The first-order valence-electron chi connectivity index (χ1n) is 7.37. The van der Waals surface area contributed by atoms with Crippen molar-refractivity contribution < 1.29 is 9.84 Å². The molecule has 1 heterocycles. The van der Waals surface area contributed by atoms with Gasteiger partial charge in [0.1, 0.15) is 0 Å². The third-order valence-corrected chi connectivity index (χ3v) is 5.45. The van der Waals surface area contributed by atoms with Crippen LogP contribution in [0.2, 0.25) is 10.0 Å². The number of benzene rings is 1. The largest absolute Gasteiger partial charge is 0.388 e. The summed E-state index contributed by atoms with van der Waals surface area (Å²) >= 11 is 12.4. The summed E-state index contributed by atoms with van der Waals surface area (Å²) < 4.78 is 6.03. The van der Waals surface area contributed by atoms with Crippen LogP contribution in [0.15, 0.2) is 18.2 Å². The van der Waals surface area contributed by atoms with Crippen molar-refractivity contribution in [2.75, 3.05) is 6.61 Å². The molecule has 0 aromatic heterocycles. The van der Waals surface area contributed by atoms with E-state index in [-0.39, 0.29) is 11.5 Å². The fraction of sp³-hybridized carbons (Fsp3) is 0.625. The van der Waals surface area contributed by atoms with Crippen LogP contribution in [0.3, 0.4) is 0 Å². The Morgan fingerprint density at radius 3 is 2.50 bits per heavy atom. The Morgan fingerprint density at radius 1 is 1.20 bits per heavy atom. The van der Waals surface area contributed by atoms with Gasteiger partial charge < -0.3 is 9.84 Å². The van der Waals surface area contributed by atoms with Gasteiger partial charge in [-0.3, -0.25) is 0 Å². The molecule has 2 fully saturated rings. The molecule has 0 amide bonds. The standard InChI is InChI=1S/C16H20Cl2O2/c17-12-4-3-5-13(18)14(12)15(19)11-6-9-20-16(10-11)7-1-2-8-16/h3-5,11,15,19H,1-2,6-10H2. The van der Waals surface area contributed by atoms with Crippen molar-refractivity contribution in [3.8, 4) is 0 Å². The summed E-state index contributed by atoms with van der Waals surface area (Å²) in [5.74, 6) is 0.180. The lowest BCUT2D eigenvalue weighted by atomic mass is 9.80. The number of rotatable bonds is 2. The number of aliphatic hydroxyl groups excluding tert-OH is 1. The molecule has 4 heteroatoms. The molecule has 110 valence electrons. The van der Waals surface area contributed by atoms with Crippen molar-refractivity contribution in [1.82, 2.24) is 0 Å². The second-order valence-corrected chi connectivity index (χ2v) is 6.89. The Bertz CT molecular complexity index is 463. The van der Waals surface area contributed by atoms with Crippen LogP contribution in [0.25, 0.3) is 0 Å². The number of ether oxygens (including phenoxy) is 1. The van der Waals surface area contributed by atoms with E-state index >= 15 is 0 Å². The Balaban J connectivity index is 1.81. The molecule has 0 bridgehead atoms. The van der Waals surface area contributed by atoms with Crippen molar-refractivity contribution in [3.63, 3.8) is 0 Å². The summed E-state index contributed by atoms with van der Waals surface area (Å²) in [6.07, 6.45) is 5.88. The van der Waals surface area contributed by atoms with Gasteiger partial charge in [-0.2, -0.15) is 0 Å². The first-order chi connectivity index (χ1) is 9.61. The molecule has 0 radical (unpaired) electrons. The van der Waals surface area contributed by atoms with E-state index in [1.54, 1.807) is 12.1 Å². The number of halogens is 2. The molecule has 1 aliphatic heterocycles. The fourth-order valence-corrected chi connectivity index (χ4v) is 4.35. The van der Waals surface area contributed by atoms with Gasteiger partial charge in [0.05, 0.1) is 11.7 Å². The van der Waals surface area contributed by atoms with Crippen LogP contribution in [-0.4, -0.2) is 17.3 Å². The maximum absolute atomic E-state index is 10.7. The summed E-state index contributed by atoms with van der Waals surface area (Å²) in [6, 6.07) is 5.39. The number of hydrogen-bond donors (Lipinski definition) is 1. The lowest BCUT2D eigenvalue weighted by molar-refractivity contribution is -0.113. The highest BCUT2D eigenvalue weighted by Crippen LogP contribution is 2.46. The molecule has 1 spiro atoms. The molecule has 2 unspecified atom stereocenters. The van der Waals surface area contributed by atoms with Crippen molar-refractivity contribution in [3.05, 3.63) is 33.8 Å². The Labute approximate surface area is 130 Å². The number of hydrogen-bond acceptors (Lipinski definition) is 2. The van der Waals surface area contributed by atoms with Gasteiger partial charge in [0.25, 0.3) is 0 Å². The van der Waals surface area contributed by atoms with Gasteiger partial charge in [0, 0.05) is 22.2 Å². The minimum Gasteiger partial charge on any atom is -0.388 e. The molecule has 2 atom stereocenters. The second kappa shape index (κ2) is 5.84. The first kappa shape index (κ1) is 14.6. The lowest BCUT2D eigenvalue weighted by Gasteiger charge is -2.40. The summed E-state index contributed by atoms with van der Waals surface area (Å²) in [5.41, 5.74) is 0.674. The summed E-state index contributed by atoms with van der Waals surface area (Å²) in [5, 5.41) is 11.8. The van der Waals surface area contributed by atoms with E-state index in [1.807, 2.05) is 6.07 Å². The Hall–Kier alpha value is -0.280. The summed E-state index contributed by atoms with van der Waals surface area (Å²) in [4.78, 5) is 0. The molecule has 1 aromatic rings. The van der Waals surface area contributed by atoms with E-state index in [4.69, 9.17) is 27.9 Å². The van der Waals surface area contributed by atoms with Crippen LogP contribution in [-0.2, 0) is 4.74 Å². The summed E-state index contributed by atoms with van der Waals surface area (Å²) in [6.45, 7) is 0.726. The van der Waals surface area contributed by atoms with Crippen LogP contribution in [0.5, 0.6) is 0 Å². The average molecular weight is 315 g/mol. The molecule has 1 aliphatic carbocycles. The first-order valence-corrected chi connectivity index (χ1v) is 8.13. The highest BCUT2D eigenvalue weighted by Gasteiger charge is 2.42. The SMILES string of the molecule is OC(c1c(Cl)cccc1Cl)C1CCOC2(CCCC2)C1. The predicted molar refractivity (Wildman–Crippen MR) is 81.3 cm³/mol. The second-order valence-electron chi connectivity index (χ2n) is 6.07. The molecule has 20 heavy (non-hydrogen) atoms. The van der Waals surface area contributed by atoms with Gasteiger partial charge in [-0.1, -0.05) is 42.1 Å². The van der Waals surface area contributed by atoms with E-state index in [0.717, 1.165) is 32.3 Å². The third-order valence-electron chi connectivity index (χ3n) is 4.79. The molecule has 2 nitrogen and oxygen atoms in total. The van der Waals surface area contributed by atoms with Gasteiger partial charge >= 0.3 is 0 Å². The van der Waals surface area contributed by atoms with Gasteiger partial charge in [-0.05, 0) is 43.7 Å². The average Bonchev–Trinajstić information content (AvgIpc) is 2.86. The molecule has 1 saturated heterocycles. The quantitative estimate of drug-likeness (QED) is 0.852. The third kappa shape index (κ3) is 2.71. The van der Waals surface area contributed by atoms with Gasteiger partial charge in [-0.25, -0.2) is 0 Å². The number of aliphatic hydroxyl groups is 1. The van der Waals surface area contributed by atoms with Crippen LogP contribution in [0.1, 0.15) is 50.2 Å². The Kier molecular flexibility index (Phi) is 4.28. The maximum atomic E-state index is 10.7. The Morgan fingerprint density at radius 2 is 1.85 bits per heavy atom. The van der Waals surface area contributed by atoms with Crippen molar-refractivity contribution in [2.45, 2.75) is 50.2 Å². The highest BCUT2D eigenvalue weighted by molar-refractivity contribution is 6.36. The lowest BCUT2D eigenvalue weighted by Crippen LogP contribution is -2.39. The molecule has 2 aliphatic rings. The molecular weight excluding hydrogens is 295 g/mol. The minimum atomic E-state index is -0.599. The minimum absolute atomic E-state index is 0.00235. The highest BCUT2D eigenvalue weighted by atomic mass is 35.5. The van der Waals surface area contributed by atoms with Gasteiger partial charge in [0.2, 0.25) is 0 Å². The van der Waals surface area contributed by atoms with Crippen molar-refractivity contribution >= 4 is 23.2 Å². The van der Waals surface area contributed by atoms with Crippen LogP contribution >= 0.6 is 23.2 Å².